The molecule has 0 fully saturated rings. The Morgan fingerprint density at radius 1 is 0.281 bits per heavy atom. The lowest BCUT2D eigenvalue weighted by atomic mass is 10.0. The molecule has 17 nitrogen and oxygen atoms in total. The van der Waals surface area contributed by atoms with Crippen LogP contribution in [0.1, 0.15) is 401 Å². The van der Waals surface area contributed by atoms with Crippen LogP contribution in [0.25, 0.3) is 0 Å². The second-order valence-corrected chi connectivity index (χ2v) is 31.6. The number of ether oxygens (including phenoxy) is 4. The second-order valence-electron chi connectivity index (χ2n) is 28.7. The van der Waals surface area contributed by atoms with Gasteiger partial charge in [0.25, 0.3) is 0 Å². The smallest absolute Gasteiger partial charge is 0.462 e. The molecule has 19 heteroatoms. The van der Waals surface area contributed by atoms with Crippen LogP contribution in [0.2, 0.25) is 0 Å². The SMILES string of the molecule is CCCCCCCCCCCCCCCCCCCCCC(=O)O[C@H](COC(=O)CCCCCCCCCCCCCCCCCC(C)C)COP(=O)(O)OC[C@@H](O)COP(=O)(O)OC[C@@H](COC(=O)CCCCCCCCC(C)C)OC(=O)CCCCCCCCCCCC. The van der Waals surface area contributed by atoms with Crippen LogP contribution in [0, 0.1) is 11.8 Å². The molecule has 0 amide bonds. The molecule has 3 N–H and O–H groups in total. The average Bonchev–Trinajstić information content (AvgIpc) is 2.20. The fraction of sp³-hybridized carbons (Fsp3) is 0.948. The molecule has 5 atom stereocenters. The standard InChI is InChI=1S/C77H150O17P2/c1-7-9-11-13-15-17-19-20-21-22-23-24-27-31-34-38-42-50-56-62-77(82)93-72(65-87-74(79)59-53-47-40-37-33-30-28-25-26-29-32-35-39-45-51-57-69(3)4)67-91-95(83,84)89-63-71(78)64-90-96(85,86)92-68-73(66-88-75(80)60-54-48-44-43-46-52-58-70(5)6)94-76(81)61-55-49-41-36-18-16-14-12-10-8-2/h69-73,78H,7-68H2,1-6H3,(H,83,84)(H,85,86)/t71-,72-,73-/m1/s1. The first-order valence-electron chi connectivity index (χ1n) is 40.0. The molecule has 0 aliphatic carbocycles. The highest BCUT2D eigenvalue weighted by Gasteiger charge is 2.30. The summed E-state index contributed by atoms with van der Waals surface area (Å²) < 4.78 is 68.5. The highest BCUT2D eigenvalue weighted by Crippen LogP contribution is 2.45. The summed E-state index contributed by atoms with van der Waals surface area (Å²) in [6, 6.07) is 0. The molecule has 0 radical (unpaired) electrons. The first kappa shape index (κ1) is 94.1. The number of aliphatic hydroxyl groups is 1. The summed E-state index contributed by atoms with van der Waals surface area (Å²) in [6.07, 6.45) is 57.1. The number of unbranched alkanes of at least 4 members (excludes halogenated alkanes) is 46. The third kappa shape index (κ3) is 70.5. The number of hydrogen-bond acceptors (Lipinski definition) is 15. The summed E-state index contributed by atoms with van der Waals surface area (Å²) in [6.45, 7) is 9.54. The fourth-order valence-corrected chi connectivity index (χ4v) is 13.4. The molecule has 0 aliphatic rings. The van der Waals surface area contributed by atoms with Crippen molar-refractivity contribution in [3.8, 4) is 0 Å². The van der Waals surface area contributed by atoms with Crippen LogP contribution in [-0.2, 0) is 65.4 Å². The molecule has 0 saturated heterocycles. The molecule has 0 heterocycles. The van der Waals surface area contributed by atoms with Gasteiger partial charge in [0, 0.05) is 25.7 Å². The van der Waals surface area contributed by atoms with Gasteiger partial charge in [0.05, 0.1) is 26.4 Å². The quantitative estimate of drug-likeness (QED) is 0.0222. The van der Waals surface area contributed by atoms with Gasteiger partial charge in [-0.05, 0) is 37.5 Å². The zero-order valence-corrected chi connectivity index (χ0v) is 64.5. The molecule has 0 aromatic carbocycles. The molecule has 96 heavy (non-hydrogen) atoms. The van der Waals surface area contributed by atoms with Gasteiger partial charge in [-0.3, -0.25) is 37.3 Å². The van der Waals surface area contributed by atoms with E-state index in [4.69, 9.17) is 37.0 Å². The molecular weight excluding hydrogens is 1260 g/mol. The molecule has 0 aromatic rings. The fourth-order valence-electron chi connectivity index (χ4n) is 11.8. The summed E-state index contributed by atoms with van der Waals surface area (Å²) in [7, 11) is -9.91. The Morgan fingerprint density at radius 3 is 0.708 bits per heavy atom. The zero-order chi connectivity index (χ0) is 70.7. The minimum atomic E-state index is -4.96. The van der Waals surface area contributed by atoms with Crippen molar-refractivity contribution in [1.29, 1.82) is 0 Å². The number of phosphoric ester groups is 2. The van der Waals surface area contributed by atoms with E-state index in [-0.39, 0.29) is 25.7 Å². The van der Waals surface area contributed by atoms with E-state index in [1.54, 1.807) is 0 Å². The van der Waals surface area contributed by atoms with Crippen molar-refractivity contribution in [1.82, 2.24) is 0 Å². The van der Waals surface area contributed by atoms with Crippen LogP contribution in [0.15, 0.2) is 0 Å². The highest BCUT2D eigenvalue weighted by molar-refractivity contribution is 7.47. The Morgan fingerprint density at radius 2 is 0.479 bits per heavy atom. The van der Waals surface area contributed by atoms with Gasteiger partial charge < -0.3 is 33.8 Å². The predicted molar refractivity (Wildman–Crippen MR) is 391 cm³/mol. The van der Waals surface area contributed by atoms with Crippen molar-refractivity contribution >= 4 is 39.5 Å². The maximum atomic E-state index is 13.1. The summed E-state index contributed by atoms with van der Waals surface area (Å²) >= 11 is 0. The molecule has 570 valence electrons. The van der Waals surface area contributed by atoms with E-state index >= 15 is 0 Å². The first-order chi connectivity index (χ1) is 46.4. The lowest BCUT2D eigenvalue weighted by Crippen LogP contribution is -2.30. The Hall–Kier alpha value is -1.94. The Balaban J connectivity index is 5.19. The second kappa shape index (κ2) is 68.8. The van der Waals surface area contributed by atoms with Gasteiger partial charge in [0.15, 0.2) is 12.2 Å². The minimum absolute atomic E-state index is 0.106. The third-order valence-electron chi connectivity index (χ3n) is 18.0. The van der Waals surface area contributed by atoms with Crippen LogP contribution >= 0.6 is 15.6 Å². The van der Waals surface area contributed by atoms with Crippen LogP contribution in [0.4, 0.5) is 0 Å². The van der Waals surface area contributed by atoms with Crippen molar-refractivity contribution < 1.29 is 80.2 Å². The molecule has 2 unspecified atom stereocenters. The number of phosphoric acid groups is 2. The van der Waals surface area contributed by atoms with Gasteiger partial charge in [-0.15, -0.1) is 0 Å². The number of hydrogen-bond donors (Lipinski definition) is 3. The van der Waals surface area contributed by atoms with Crippen molar-refractivity contribution in [3.63, 3.8) is 0 Å². The van der Waals surface area contributed by atoms with Gasteiger partial charge in [0.1, 0.15) is 19.3 Å². The Labute approximate surface area is 588 Å². The van der Waals surface area contributed by atoms with Crippen molar-refractivity contribution in [2.24, 2.45) is 11.8 Å². The van der Waals surface area contributed by atoms with Crippen LogP contribution in [-0.4, -0.2) is 96.7 Å². The highest BCUT2D eigenvalue weighted by atomic mass is 31.2. The monoisotopic (exact) mass is 1410 g/mol. The van der Waals surface area contributed by atoms with Gasteiger partial charge in [0.2, 0.25) is 0 Å². The number of carbonyl (C=O) groups is 4. The predicted octanol–water partition coefficient (Wildman–Crippen LogP) is 22.7. The third-order valence-corrected chi connectivity index (χ3v) is 19.9. The van der Waals surface area contributed by atoms with Gasteiger partial charge >= 0.3 is 39.5 Å². The van der Waals surface area contributed by atoms with Gasteiger partial charge in [-0.1, -0.05) is 350 Å². The molecule has 0 aromatic heterocycles. The van der Waals surface area contributed by atoms with Crippen LogP contribution in [0.5, 0.6) is 0 Å². The average molecular weight is 1410 g/mol. The lowest BCUT2D eigenvalue weighted by molar-refractivity contribution is -0.161. The largest absolute Gasteiger partial charge is 0.472 e. The van der Waals surface area contributed by atoms with Crippen molar-refractivity contribution in [3.05, 3.63) is 0 Å². The van der Waals surface area contributed by atoms with Gasteiger partial charge in [-0.2, -0.15) is 0 Å². The molecule has 0 spiro atoms. The molecule has 0 saturated carbocycles. The van der Waals surface area contributed by atoms with E-state index in [9.17, 15) is 43.2 Å². The van der Waals surface area contributed by atoms with Crippen LogP contribution in [0.3, 0.4) is 0 Å². The van der Waals surface area contributed by atoms with Crippen molar-refractivity contribution in [2.75, 3.05) is 39.6 Å². The zero-order valence-electron chi connectivity index (χ0n) is 62.7. The van der Waals surface area contributed by atoms with Gasteiger partial charge in [-0.25, -0.2) is 9.13 Å². The molecule has 0 bridgehead atoms. The van der Waals surface area contributed by atoms with E-state index in [1.807, 2.05) is 0 Å². The summed E-state index contributed by atoms with van der Waals surface area (Å²) in [5.74, 6) is -0.631. The molecule has 0 rings (SSSR count). The first-order valence-corrected chi connectivity index (χ1v) is 43.0. The normalized spacial score (nSPS) is 14.0. The maximum absolute atomic E-state index is 13.1. The number of rotatable bonds is 76. The minimum Gasteiger partial charge on any atom is -0.462 e. The van der Waals surface area contributed by atoms with E-state index in [0.29, 0.717) is 31.6 Å². The number of carbonyl (C=O) groups excluding carboxylic acids is 4. The Kier molecular flexibility index (Phi) is 67.4. The lowest BCUT2D eigenvalue weighted by Gasteiger charge is -2.21. The van der Waals surface area contributed by atoms with E-state index in [2.05, 4.69) is 41.5 Å². The summed E-state index contributed by atoms with van der Waals surface area (Å²) in [5, 5.41) is 10.6. The molecule has 0 aliphatic heterocycles. The summed E-state index contributed by atoms with van der Waals surface area (Å²) in [5.41, 5.74) is 0. The summed E-state index contributed by atoms with van der Waals surface area (Å²) in [4.78, 5) is 72.7. The number of esters is 4. The topological polar surface area (TPSA) is 237 Å². The van der Waals surface area contributed by atoms with E-state index in [0.717, 1.165) is 102 Å². The molecular formula is C77H150O17P2. The van der Waals surface area contributed by atoms with E-state index in [1.165, 1.54) is 212 Å². The maximum Gasteiger partial charge on any atom is 0.472 e. The van der Waals surface area contributed by atoms with Crippen molar-refractivity contribution in [2.45, 2.75) is 419 Å². The Bertz CT molecular complexity index is 1860. The van der Waals surface area contributed by atoms with E-state index < -0.39 is 97.5 Å². The van der Waals surface area contributed by atoms with Crippen LogP contribution < -0.4 is 0 Å². The number of aliphatic hydroxyl groups excluding tert-OH is 1.